The molecule has 3 aromatic rings. The highest BCUT2D eigenvalue weighted by Gasteiger charge is 2.25. The number of anilines is 3. The molecule has 0 radical (unpaired) electrons. The minimum absolute atomic E-state index is 0.101. The van der Waals surface area contributed by atoms with E-state index in [4.69, 9.17) is 16.0 Å². The lowest BCUT2D eigenvalue weighted by Gasteiger charge is -2.34. The fraction of sp³-hybridized carbons (Fsp3) is 0.263. The van der Waals surface area contributed by atoms with Gasteiger partial charge < -0.3 is 19.5 Å². The molecule has 0 spiro atoms. The fourth-order valence-electron chi connectivity index (χ4n) is 3.02. The molecular weight excluding hydrogens is 380 g/mol. The highest BCUT2D eigenvalue weighted by atomic mass is 35.5. The van der Waals surface area contributed by atoms with Gasteiger partial charge in [-0.05, 0) is 36.8 Å². The fourth-order valence-corrected chi connectivity index (χ4v) is 3.19. The number of carbonyl (C=O) groups excluding carboxylic acids is 1. The third-order valence-electron chi connectivity index (χ3n) is 4.59. The molecule has 1 aliphatic heterocycles. The normalized spacial score (nSPS) is 14.2. The largest absolute Gasteiger partial charge is 0.459 e. The summed E-state index contributed by atoms with van der Waals surface area (Å²) < 4.78 is 5.19. The van der Waals surface area contributed by atoms with Crippen molar-refractivity contribution in [3.05, 3.63) is 59.1 Å². The van der Waals surface area contributed by atoms with Crippen LogP contribution in [-0.2, 0) is 0 Å². The molecule has 2 aromatic heterocycles. The van der Waals surface area contributed by atoms with Gasteiger partial charge in [0.05, 0.1) is 12.5 Å². The second-order valence-corrected chi connectivity index (χ2v) is 6.92. The van der Waals surface area contributed by atoms with E-state index in [2.05, 4.69) is 20.5 Å². The third kappa shape index (κ3) is 3.91. The summed E-state index contributed by atoms with van der Waals surface area (Å²) >= 11 is 6.08. The van der Waals surface area contributed by atoms with E-state index in [1.54, 1.807) is 23.2 Å². The van der Waals surface area contributed by atoms with Crippen LogP contribution in [0, 0.1) is 6.92 Å². The van der Waals surface area contributed by atoms with Gasteiger partial charge in [0.25, 0.3) is 5.91 Å². The average molecular weight is 399 g/mol. The van der Waals surface area contributed by atoms with Crippen molar-refractivity contribution in [1.82, 2.24) is 20.1 Å². The molecule has 1 amide bonds. The van der Waals surface area contributed by atoms with Crippen LogP contribution in [-0.4, -0.2) is 52.2 Å². The molecule has 1 N–H and O–H groups in total. The molecule has 4 rings (SSSR count). The molecular formula is C19H19ClN6O2. The molecule has 0 aliphatic carbocycles. The first kappa shape index (κ1) is 18.2. The molecule has 0 atom stereocenters. The summed E-state index contributed by atoms with van der Waals surface area (Å²) in [5.74, 6) is 1.37. The molecule has 144 valence electrons. The minimum atomic E-state index is -0.101. The Morgan fingerprint density at radius 2 is 2.04 bits per heavy atom. The van der Waals surface area contributed by atoms with Crippen molar-refractivity contribution in [3.8, 4) is 0 Å². The molecule has 3 heterocycles. The summed E-state index contributed by atoms with van der Waals surface area (Å²) in [4.78, 5) is 20.7. The van der Waals surface area contributed by atoms with Crippen molar-refractivity contribution in [3.63, 3.8) is 0 Å². The Hall–Kier alpha value is -3.13. The molecule has 8 nitrogen and oxygen atoms in total. The number of aryl methyl sites for hydroxylation is 1. The zero-order chi connectivity index (χ0) is 19.5. The van der Waals surface area contributed by atoms with Crippen LogP contribution in [0.5, 0.6) is 0 Å². The number of halogens is 1. The van der Waals surface area contributed by atoms with Crippen molar-refractivity contribution in [2.45, 2.75) is 6.92 Å². The molecule has 1 aliphatic rings. The Labute approximate surface area is 167 Å². The maximum absolute atomic E-state index is 12.4. The smallest absolute Gasteiger partial charge is 0.289 e. The standard InChI is InChI=1S/C19H19ClN6O2/c1-13-4-5-14(20)11-15(13)22-17-12-21-24-19(23-17)26-8-6-25(7-9-26)18(27)16-3-2-10-28-16/h2-5,10-12H,6-9H2,1H3,(H,22,23,24). The third-order valence-corrected chi connectivity index (χ3v) is 4.83. The first-order valence-electron chi connectivity index (χ1n) is 8.91. The van der Waals surface area contributed by atoms with Crippen molar-refractivity contribution in [2.75, 3.05) is 36.4 Å². The van der Waals surface area contributed by atoms with Crippen LogP contribution in [0.4, 0.5) is 17.5 Å². The minimum Gasteiger partial charge on any atom is -0.459 e. The first-order chi connectivity index (χ1) is 13.6. The van der Waals surface area contributed by atoms with Crippen LogP contribution in [0.25, 0.3) is 0 Å². The number of hydrogen-bond donors (Lipinski definition) is 1. The van der Waals surface area contributed by atoms with Gasteiger partial charge in [0.2, 0.25) is 5.95 Å². The number of piperazine rings is 1. The Bertz CT molecular complexity index is 970. The number of aromatic nitrogens is 3. The zero-order valence-corrected chi connectivity index (χ0v) is 16.1. The molecule has 1 saturated heterocycles. The number of carbonyl (C=O) groups is 1. The topological polar surface area (TPSA) is 87.4 Å². The van der Waals surface area contributed by atoms with Gasteiger partial charge in [0.1, 0.15) is 0 Å². The van der Waals surface area contributed by atoms with E-state index in [0.29, 0.717) is 48.7 Å². The van der Waals surface area contributed by atoms with Gasteiger partial charge in [-0.3, -0.25) is 4.79 Å². The van der Waals surface area contributed by atoms with E-state index < -0.39 is 0 Å². The quantitative estimate of drug-likeness (QED) is 0.722. The van der Waals surface area contributed by atoms with Gasteiger partial charge >= 0.3 is 0 Å². The SMILES string of the molecule is Cc1ccc(Cl)cc1Nc1cnnc(N2CCN(C(=O)c3ccco3)CC2)n1. The summed E-state index contributed by atoms with van der Waals surface area (Å²) in [5, 5.41) is 12.1. The first-order valence-corrected chi connectivity index (χ1v) is 9.28. The van der Waals surface area contributed by atoms with E-state index in [0.717, 1.165) is 11.3 Å². The molecule has 0 unspecified atom stereocenters. The second kappa shape index (κ2) is 7.85. The molecule has 0 bridgehead atoms. The summed E-state index contributed by atoms with van der Waals surface area (Å²) in [7, 11) is 0. The molecule has 9 heteroatoms. The lowest BCUT2D eigenvalue weighted by Crippen LogP contribution is -2.49. The second-order valence-electron chi connectivity index (χ2n) is 6.48. The van der Waals surface area contributed by atoms with Crippen LogP contribution < -0.4 is 10.2 Å². The summed E-state index contributed by atoms with van der Waals surface area (Å²) in [6.07, 6.45) is 3.07. The maximum Gasteiger partial charge on any atom is 0.289 e. The van der Waals surface area contributed by atoms with E-state index in [1.165, 1.54) is 6.26 Å². The van der Waals surface area contributed by atoms with Crippen LogP contribution in [0.2, 0.25) is 5.02 Å². The van der Waals surface area contributed by atoms with E-state index in [1.807, 2.05) is 30.0 Å². The van der Waals surface area contributed by atoms with Crippen LogP contribution in [0.3, 0.4) is 0 Å². The lowest BCUT2D eigenvalue weighted by atomic mass is 10.2. The van der Waals surface area contributed by atoms with Gasteiger partial charge in [0.15, 0.2) is 11.6 Å². The van der Waals surface area contributed by atoms with Crippen LogP contribution in [0.15, 0.2) is 47.2 Å². The van der Waals surface area contributed by atoms with Gasteiger partial charge in [-0.25, -0.2) is 0 Å². The van der Waals surface area contributed by atoms with Crippen LogP contribution in [0.1, 0.15) is 16.1 Å². The Morgan fingerprint density at radius 3 is 2.79 bits per heavy atom. The van der Waals surface area contributed by atoms with Gasteiger partial charge in [-0.2, -0.15) is 10.1 Å². The number of rotatable bonds is 4. The van der Waals surface area contributed by atoms with Crippen molar-refractivity contribution >= 4 is 35.0 Å². The molecule has 1 fully saturated rings. The predicted molar refractivity (Wildman–Crippen MR) is 106 cm³/mol. The number of amides is 1. The van der Waals surface area contributed by atoms with Gasteiger partial charge in [-0.15, -0.1) is 5.10 Å². The summed E-state index contributed by atoms with van der Waals surface area (Å²) in [6, 6.07) is 9.01. The highest BCUT2D eigenvalue weighted by Crippen LogP contribution is 2.24. The number of furan rings is 1. The zero-order valence-electron chi connectivity index (χ0n) is 15.3. The summed E-state index contributed by atoms with van der Waals surface area (Å²) in [5.41, 5.74) is 1.92. The Balaban J connectivity index is 1.42. The molecule has 1 aromatic carbocycles. The van der Waals surface area contributed by atoms with Crippen molar-refractivity contribution in [1.29, 1.82) is 0 Å². The van der Waals surface area contributed by atoms with E-state index >= 15 is 0 Å². The average Bonchev–Trinajstić information content (AvgIpc) is 3.25. The number of benzene rings is 1. The van der Waals surface area contributed by atoms with Gasteiger partial charge in [0, 0.05) is 36.9 Å². The number of nitrogens with one attached hydrogen (secondary N) is 1. The summed E-state index contributed by atoms with van der Waals surface area (Å²) in [6.45, 7) is 4.35. The van der Waals surface area contributed by atoms with E-state index in [-0.39, 0.29) is 5.91 Å². The Morgan fingerprint density at radius 1 is 1.21 bits per heavy atom. The number of nitrogens with zero attached hydrogens (tertiary/aromatic N) is 5. The van der Waals surface area contributed by atoms with Crippen molar-refractivity contribution in [2.24, 2.45) is 0 Å². The predicted octanol–water partition coefficient (Wildman–Crippen LogP) is 3.13. The van der Waals surface area contributed by atoms with Crippen LogP contribution >= 0.6 is 11.6 Å². The highest BCUT2D eigenvalue weighted by molar-refractivity contribution is 6.30. The molecule has 28 heavy (non-hydrogen) atoms. The van der Waals surface area contributed by atoms with E-state index in [9.17, 15) is 4.79 Å². The van der Waals surface area contributed by atoms with Crippen molar-refractivity contribution < 1.29 is 9.21 Å². The molecule has 0 saturated carbocycles. The lowest BCUT2D eigenvalue weighted by molar-refractivity contribution is 0.0714. The number of hydrogen-bond acceptors (Lipinski definition) is 7. The van der Waals surface area contributed by atoms with Gasteiger partial charge in [-0.1, -0.05) is 17.7 Å². The maximum atomic E-state index is 12.4. The monoisotopic (exact) mass is 398 g/mol. The Kier molecular flexibility index (Phi) is 5.12.